The molecule has 0 radical (unpaired) electrons. The summed E-state index contributed by atoms with van der Waals surface area (Å²) >= 11 is 3.28. The number of rotatable bonds is 4. The fourth-order valence-corrected chi connectivity index (χ4v) is 2.41. The van der Waals surface area contributed by atoms with Crippen molar-refractivity contribution in [2.75, 3.05) is 18.5 Å². The SMILES string of the molecule is CC1OCCC1CNc1ncc([N+](=O)[O-])cc1Br. The zero-order valence-corrected chi connectivity index (χ0v) is 11.5. The quantitative estimate of drug-likeness (QED) is 0.682. The second-order valence-corrected chi connectivity index (χ2v) is 5.14. The zero-order valence-electron chi connectivity index (χ0n) is 9.93. The van der Waals surface area contributed by atoms with Crippen LogP contribution in [0, 0.1) is 16.0 Å². The number of halogens is 1. The minimum Gasteiger partial charge on any atom is -0.378 e. The van der Waals surface area contributed by atoms with Crippen molar-refractivity contribution in [1.82, 2.24) is 4.98 Å². The highest BCUT2D eigenvalue weighted by Crippen LogP contribution is 2.26. The Morgan fingerprint density at radius 1 is 1.72 bits per heavy atom. The van der Waals surface area contributed by atoms with Gasteiger partial charge in [0, 0.05) is 25.1 Å². The molecule has 1 aromatic heterocycles. The summed E-state index contributed by atoms with van der Waals surface area (Å²) in [6, 6.07) is 1.45. The molecule has 0 bridgehead atoms. The molecule has 1 aliphatic heterocycles. The van der Waals surface area contributed by atoms with Crippen molar-refractivity contribution in [3.63, 3.8) is 0 Å². The van der Waals surface area contributed by atoms with Crippen LogP contribution in [0.1, 0.15) is 13.3 Å². The molecule has 1 saturated heterocycles. The molecule has 2 atom stereocenters. The molecule has 2 rings (SSSR count). The lowest BCUT2D eigenvalue weighted by Crippen LogP contribution is -2.21. The maximum atomic E-state index is 10.6. The molecule has 18 heavy (non-hydrogen) atoms. The number of hydrogen-bond acceptors (Lipinski definition) is 5. The molecular weight excluding hydrogens is 302 g/mol. The van der Waals surface area contributed by atoms with Crippen LogP contribution < -0.4 is 5.32 Å². The van der Waals surface area contributed by atoms with E-state index in [-0.39, 0.29) is 11.8 Å². The van der Waals surface area contributed by atoms with Crippen LogP contribution in [0.5, 0.6) is 0 Å². The minimum absolute atomic E-state index is 0.0232. The average molecular weight is 316 g/mol. The Kier molecular flexibility index (Phi) is 4.13. The van der Waals surface area contributed by atoms with Crippen molar-refractivity contribution >= 4 is 27.4 Å². The van der Waals surface area contributed by atoms with E-state index in [1.54, 1.807) is 0 Å². The summed E-state index contributed by atoms with van der Waals surface area (Å²) in [6.07, 6.45) is 2.52. The van der Waals surface area contributed by atoms with Crippen molar-refractivity contribution in [1.29, 1.82) is 0 Å². The van der Waals surface area contributed by atoms with E-state index in [0.29, 0.717) is 16.2 Å². The standard InChI is InChI=1S/C11H14BrN3O3/c1-7-8(2-3-18-7)5-13-11-10(12)4-9(6-14-11)15(16)17/h4,6-8H,2-3,5H2,1H3,(H,13,14). The van der Waals surface area contributed by atoms with Crippen LogP contribution in [-0.4, -0.2) is 29.2 Å². The highest BCUT2D eigenvalue weighted by atomic mass is 79.9. The molecule has 0 spiro atoms. The fraction of sp³-hybridized carbons (Fsp3) is 0.545. The Labute approximate surface area is 113 Å². The Morgan fingerprint density at radius 2 is 2.50 bits per heavy atom. The zero-order chi connectivity index (χ0) is 13.1. The van der Waals surface area contributed by atoms with E-state index in [1.165, 1.54) is 12.3 Å². The van der Waals surface area contributed by atoms with Gasteiger partial charge in [0.25, 0.3) is 5.69 Å². The fourth-order valence-electron chi connectivity index (χ4n) is 1.93. The minimum atomic E-state index is -0.464. The van der Waals surface area contributed by atoms with Crippen molar-refractivity contribution < 1.29 is 9.66 Å². The Morgan fingerprint density at radius 3 is 3.06 bits per heavy atom. The summed E-state index contributed by atoms with van der Waals surface area (Å²) in [5, 5.41) is 13.8. The summed E-state index contributed by atoms with van der Waals surface area (Å²) in [6.45, 7) is 3.60. The predicted octanol–water partition coefficient (Wildman–Crippen LogP) is 2.59. The molecule has 0 aromatic carbocycles. The molecule has 2 heterocycles. The highest BCUT2D eigenvalue weighted by molar-refractivity contribution is 9.10. The molecule has 1 aromatic rings. The van der Waals surface area contributed by atoms with Gasteiger partial charge in [0.1, 0.15) is 12.0 Å². The Bertz CT molecular complexity index is 455. The van der Waals surface area contributed by atoms with Crippen molar-refractivity contribution in [2.24, 2.45) is 5.92 Å². The maximum absolute atomic E-state index is 10.6. The van der Waals surface area contributed by atoms with Gasteiger partial charge in [0.2, 0.25) is 0 Å². The first-order valence-electron chi connectivity index (χ1n) is 5.73. The number of pyridine rings is 1. The lowest BCUT2D eigenvalue weighted by Gasteiger charge is -2.15. The molecule has 6 nitrogen and oxygen atoms in total. The van der Waals surface area contributed by atoms with E-state index in [4.69, 9.17) is 4.74 Å². The third-order valence-corrected chi connectivity index (χ3v) is 3.71. The van der Waals surface area contributed by atoms with Gasteiger partial charge in [-0.25, -0.2) is 4.98 Å². The van der Waals surface area contributed by atoms with Crippen LogP contribution in [0.3, 0.4) is 0 Å². The summed E-state index contributed by atoms with van der Waals surface area (Å²) in [5.41, 5.74) is -0.0232. The third kappa shape index (κ3) is 2.97. The first kappa shape index (κ1) is 13.2. The highest BCUT2D eigenvalue weighted by Gasteiger charge is 2.24. The average Bonchev–Trinajstić information content (AvgIpc) is 2.73. The Hall–Kier alpha value is -1.21. The normalized spacial score (nSPS) is 23.0. The monoisotopic (exact) mass is 315 g/mol. The van der Waals surface area contributed by atoms with Crippen LogP contribution in [0.15, 0.2) is 16.7 Å². The number of nitro groups is 1. The summed E-state index contributed by atoms with van der Waals surface area (Å²) in [5.74, 6) is 1.08. The number of anilines is 1. The van der Waals surface area contributed by atoms with Gasteiger partial charge in [-0.1, -0.05) is 0 Å². The van der Waals surface area contributed by atoms with Crippen LogP contribution in [0.4, 0.5) is 11.5 Å². The number of hydrogen-bond donors (Lipinski definition) is 1. The Balaban J connectivity index is 1.99. The molecule has 0 saturated carbocycles. The number of nitrogens with one attached hydrogen (secondary N) is 1. The molecule has 1 aliphatic rings. The lowest BCUT2D eigenvalue weighted by atomic mass is 10.0. The predicted molar refractivity (Wildman–Crippen MR) is 70.6 cm³/mol. The smallest absolute Gasteiger partial charge is 0.288 e. The van der Waals surface area contributed by atoms with Gasteiger partial charge in [-0.2, -0.15) is 0 Å². The molecule has 0 amide bonds. The topological polar surface area (TPSA) is 77.3 Å². The molecule has 1 fully saturated rings. The van der Waals surface area contributed by atoms with Gasteiger partial charge in [0.05, 0.1) is 15.5 Å². The van der Waals surface area contributed by atoms with Crippen molar-refractivity contribution in [3.8, 4) is 0 Å². The van der Waals surface area contributed by atoms with E-state index >= 15 is 0 Å². The van der Waals surface area contributed by atoms with Gasteiger partial charge in [0.15, 0.2) is 0 Å². The van der Waals surface area contributed by atoms with Gasteiger partial charge < -0.3 is 10.1 Å². The van der Waals surface area contributed by atoms with E-state index in [1.807, 2.05) is 0 Å². The number of ether oxygens (including phenoxy) is 1. The first-order chi connectivity index (χ1) is 8.58. The van der Waals surface area contributed by atoms with Crippen LogP contribution in [0.25, 0.3) is 0 Å². The second-order valence-electron chi connectivity index (χ2n) is 4.29. The molecule has 2 unspecified atom stereocenters. The molecule has 1 N–H and O–H groups in total. The molecule has 98 valence electrons. The maximum Gasteiger partial charge on any atom is 0.288 e. The van der Waals surface area contributed by atoms with Crippen LogP contribution in [0.2, 0.25) is 0 Å². The summed E-state index contributed by atoms with van der Waals surface area (Å²) in [4.78, 5) is 14.2. The molecule has 0 aliphatic carbocycles. The molecule has 7 heteroatoms. The van der Waals surface area contributed by atoms with Crippen molar-refractivity contribution in [2.45, 2.75) is 19.4 Å². The van der Waals surface area contributed by atoms with Gasteiger partial charge in [-0.15, -0.1) is 0 Å². The van der Waals surface area contributed by atoms with Gasteiger partial charge in [-0.05, 0) is 29.3 Å². The summed E-state index contributed by atoms with van der Waals surface area (Å²) < 4.78 is 6.07. The van der Waals surface area contributed by atoms with Gasteiger partial charge in [-0.3, -0.25) is 10.1 Å². The van der Waals surface area contributed by atoms with E-state index < -0.39 is 4.92 Å². The second kappa shape index (κ2) is 5.62. The lowest BCUT2D eigenvalue weighted by molar-refractivity contribution is -0.385. The van der Waals surface area contributed by atoms with E-state index in [9.17, 15) is 10.1 Å². The molecular formula is C11H14BrN3O3. The van der Waals surface area contributed by atoms with E-state index in [0.717, 1.165) is 19.6 Å². The summed E-state index contributed by atoms with van der Waals surface area (Å²) in [7, 11) is 0. The number of nitrogens with zero attached hydrogens (tertiary/aromatic N) is 2. The third-order valence-electron chi connectivity index (χ3n) is 3.10. The van der Waals surface area contributed by atoms with Crippen LogP contribution in [-0.2, 0) is 4.74 Å². The number of aromatic nitrogens is 1. The van der Waals surface area contributed by atoms with Crippen LogP contribution >= 0.6 is 15.9 Å². The van der Waals surface area contributed by atoms with E-state index in [2.05, 4.69) is 33.2 Å². The van der Waals surface area contributed by atoms with Crippen molar-refractivity contribution in [3.05, 3.63) is 26.9 Å². The van der Waals surface area contributed by atoms with Gasteiger partial charge >= 0.3 is 0 Å². The first-order valence-corrected chi connectivity index (χ1v) is 6.52. The largest absolute Gasteiger partial charge is 0.378 e.